The Bertz CT molecular complexity index is 260. The van der Waals surface area contributed by atoms with Gasteiger partial charge in [0.25, 0.3) is 0 Å². The fourth-order valence-corrected chi connectivity index (χ4v) is 2.02. The molecule has 1 saturated heterocycles. The van der Waals surface area contributed by atoms with E-state index in [1.54, 1.807) is 7.11 Å². The van der Waals surface area contributed by atoms with Gasteiger partial charge in [-0.25, -0.2) is 0 Å². The summed E-state index contributed by atoms with van der Waals surface area (Å²) >= 11 is 0. The fourth-order valence-electron chi connectivity index (χ4n) is 2.02. The van der Waals surface area contributed by atoms with Crippen molar-refractivity contribution in [3.05, 3.63) is 0 Å². The topological polar surface area (TPSA) is 47.6 Å². The lowest BCUT2D eigenvalue weighted by Gasteiger charge is -2.34. The monoisotopic (exact) mass is 243 g/mol. The first kappa shape index (κ1) is 14.5. The summed E-state index contributed by atoms with van der Waals surface area (Å²) in [6.45, 7) is 8.16. The average Bonchev–Trinajstić information content (AvgIpc) is 2.24. The van der Waals surface area contributed by atoms with Crippen LogP contribution in [0.25, 0.3) is 0 Å². The van der Waals surface area contributed by atoms with E-state index in [4.69, 9.17) is 9.47 Å². The van der Waals surface area contributed by atoms with Crippen molar-refractivity contribution in [2.24, 2.45) is 5.41 Å². The summed E-state index contributed by atoms with van der Waals surface area (Å²) in [7, 11) is 1.74. The molecule has 0 radical (unpaired) electrons. The number of rotatable bonds is 3. The molecule has 1 rings (SSSR count). The highest BCUT2D eigenvalue weighted by Crippen LogP contribution is 2.18. The third kappa shape index (κ3) is 4.28. The summed E-state index contributed by atoms with van der Waals surface area (Å²) in [4.78, 5) is 11.6. The molecule has 0 aromatic heterocycles. The number of nitrogens with one attached hydrogen (secondary N) is 1. The maximum atomic E-state index is 11.6. The van der Waals surface area contributed by atoms with E-state index in [-0.39, 0.29) is 18.1 Å². The maximum Gasteiger partial charge on any atom is 0.311 e. The molecule has 3 atom stereocenters. The van der Waals surface area contributed by atoms with Crippen LogP contribution in [-0.4, -0.2) is 37.9 Å². The summed E-state index contributed by atoms with van der Waals surface area (Å²) < 4.78 is 10.7. The predicted molar refractivity (Wildman–Crippen MR) is 66.8 cm³/mol. The second-order valence-electron chi connectivity index (χ2n) is 5.85. The number of carbonyl (C=O) groups is 1. The van der Waals surface area contributed by atoms with Gasteiger partial charge in [0.1, 0.15) is 6.61 Å². The van der Waals surface area contributed by atoms with Gasteiger partial charge in [0.05, 0.1) is 11.5 Å². The molecule has 4 nitrogen and oxygen atoms in total. The molecule has 100 valence electrons. The Kier molecular flexibility index (Phi) is 4.95. The van der Waals surface area contributed by atoms with E-state index in [2.05, 4.69) is 12.2 Å². The molecule has 0 aromatic rings. The minimum Gasteiger partial charge on any atom is -0.464 e. The minimum absolute atomic E-state index is 0.138. The number of ether oxygens (including phenoxy) is 2. The molecule has 1 heterocycles. The van der Waals surface area contributed by atoms with Crippen molar-refractivity contribution >= 4 is 5.97 Å². The average molecular weight is 243 g/mol. The van der Waals surface area contributed by atoms with E-state index < -0.39 is 5.41 Å². The van der Waals surface area contributed by atoms with Gasteiger partial charge in [-0.2, -0.15) is 0 Å². The van der Waals surface area contributed by atoms with Crippen LogP contribution in [0.3, 0.4) is 0 Å². The van der Waals surface area contributed by atoms with E-state index in [1.807, 2.05) is 20.8 Å². The second-order valence-corrected chi connectivity index (χ2v) is 5.85. The molecule has 0 amide bonds. The number of carbonyl (C=O) groups excluding carboxylic acids is 1. The van der Waals surface area contributed by atoms with Crippen molar-refractivity contribution in [1.29, 1.82) is 0 Å². The Hall–Kier alpha value is -0.610. The Morgan fingerprint density at radius 1 is 1.35 bits per heavy atom. The highest BCUT2D eigenvalue weighted by molar-refractivity contribution is 5.75. The van der Waals surface area contributed by atoms with Crippen LogP contribution in [0.4, 0.5) is 0 Å². The lowest BCUT2D eigenvalue weighted by Crippen LogP contribution is -2.51. The standard InChI is InChI=1S/C13H25NO3/c1-9-11(16-5)7-6-10(14-9)8-17-12(15)13(2,3)4/h9-11,14H,6-8H2,1-5H3/t9-,10-,11-/m1/s1. The van der Waals surface area contributed by atoms with Crippen LogP contribution in [-0.2, 0) is 14.3 Å². The first-order valence-electron chi connectivity index (χ1n) is 6.30. The van der Waals surface area contributed by atoms with Crippen molar-refractivity contribution < 1.29 is 14.3 Å². The summed E-state index contributed by atoms with van der Waals surface area (Å²) in [6, 6.07) is 0.565. The Morgan fingerprint density at radius 3 is 2.47 bits per heavy atom. The molecule has 0 spiro atoms. The highest BCUT2D eigenvalue weighted by atomic mass is 16.5. The van der Waals surface area contributed by atoms with Crippen molar-refractivity contribution in [2.75, 3.05) is 13.7 Å². The van der Waals surface area contributed by atoms with E-state index in [0.717, 1.165) is 12.8 Å². The molecule has 1 fully saturated rings. The molecule has 4 heteroatoms. The van der Waals surface area contributed by atoms with Crippen LogP contribution in [0.15, 0.2) is 0 Å². The SMILES string of the molecule is CO[C@@H]1CC[C@H](COC(=O)C(C)(C)C)N[C@@H]1C. The molecule has 1 aliphatic rings. The zero-order chi connectivity index (χ0) is 13.1. The van der Waals surface area contributed by atoms with Crippen molar-refractivity contribution in [3.63, 3.8) is 0 Å². The first-order valence-corrected chi connectivity index (χ1v) is 6.30. The summed E-state index contributed by atoms with van der Waals surface area (Å²) in [5.41, 5.74) is -0.421. The second kappa shape index (κ2) is 5.83. The summed E-state index contributed by atoms with van der Waals surface area (Å²) in [5, 5.41) is 3.42. The number of hydrogen-bond acceptors (Lipinski definition) is 4. The summed E-state index contributed by atoms with van der Waals surface area (Å²) in [6.07, 6.45) is 2.27. The molecule has 1 N–H and O–H groups in total. The van der Waals surface area contributed by atoms with Gasteiger partial charge in [0, 0.05) is 19.2 Å². The molecule has 0 unspecified atom stereocenters. The van der Waals surface area contributed by atoms with Crippen molar-refractivity contribution in [1.82, 2.24) is 5.32 Å². The Labute approximate surface area is 104 Å². The van der Waals surface area contributed by atoms with Gasteiger partial charge >= 0.3 is 5.97 Å². The smallest absolute Gasteiger partial charge is 0.311 e. The Morgan fingerprint density at radius 2 is 2.00 bits per heavy atom. The molecular formula is C13H25NO3. The Balaban J connectivity index is 2.33. The lowest BCUT2D eigenvalue weighted by atomic mass is 9.96. The molecule has 0 saturated carbocycles. The van der Waals surface area contributed by atoms with E-state index >= 15 is 0 Å². The van der Waals surface area contributed by atoms with Crippen molar-refractivity contribution in [2.45, 2.75) is 58.7 Å². The minimum atomic E-state index is -0.421. The summed E-state index contributed by atoms with van der Waals surface area (Å²) in [5.74, 6) is -0.138. The van der Waals surface area contributed by atoms with Crippen LogP contribution in [0.2, 0.25) is 0 Å². The number of piperidine rings is 1. The van der Waals surface area contributed by atoms with Gasteiger partial charge in [-0.15, -0.1) is 0 Å². The van der Waals surface area contributed by atoms with Gasteiger partial charge in [0.2, 0.25) is 0 Å². The highest BCUT2D eigenvalue weighted by Gasteiger charge is 2.29. The zero-order valence-corrected chi connectivity index (χ0v) is 11.6. The normalized spacial score (nSPS) is 30.1. The maximum absolute atomic E-state index is 11.6. The van der Waals surface area contributed by atoms with Gasteiger partial charge in [-0.05, 0) is 40.5 Å². The van der Waals surface area contributed by atoms with E-state index in [0.29, 0.717) is 12.6 Å². The van der Waals surface area contributed by atoms with Gasteiger partial charge in [-0.3, -0.25) is 4.79 Å². The molecule has 0 aromatic carbocycles. The zero-order valence-electron chi connectivity index (χ0n) is 11.6. The molecular weight excluding hydrogens is 218 g/mol. The van der Waals surface area contributed by atoms with E-state index in [1.165, 1.54) is 0 Å². The fraction of sp³-hybridized carbons (Fsp3) is 0.923. The van der Waals surface area contributed by atoms with Gasteiger partial charge in [0.15, 0.2) is 0 Å². The van der Waals surface area contributed by atoms with Crippen LogP contribution in [0.5, 0.6) is 0 Å². The number of esters is 1. The third-order valence-electron chi connectivity index (χ3n) is 3.19. The molecule has 0 bridgehead atoms. The lowest BCUT2D eigenvalue weighted by molar-refractivity contribution is -0.154. The third-order valence-corrected chi connectivity index (χ3v) is 3.19. The number of methoxy groups -OCH3 is 1. The van der Waals surface area contributed by atoms with Crippen molar-refractivity contribution in [3.8, 4) is 0 Å². The van der Waals surface area contributed by atoms with Gasteiger partial charge < -0.3 is 14.8 Å². The quantitative estimate of drug-likeness (QED) is 0.767. The van der Waals surface area contributed by atoms with Crippen LogP contribution >= 0.6 is 0 Å². The molecule has 1 aliphatic heterocycles. The largest absolute Gasteiger partial charge is 0.464 e. The molecule has 17 heavy (non-hydrogen) atoms. The number of hydrogen-bond donors (Lipinski definition) is 1. The van der Waals surface area contributed by atoms with Crippen LogP contribution < -0.4 is 5.32 Å². The first-order chi connectivity index (χ1) is 7.84. The van der Waals surface area contributed by atoms with Crippen LogP contribution in [0.1, 0.15) is 40.5 Å². The van der Waals surface area contributed by atoms with Crippen LogP contribution in [0, 0.1) is 5.41 Å². The molecule has 0 aliphatic carbocycles. The van der Waals surface area contributed by atoms with E-state index in [9.17, 15) is 4.79 Å². The van der Waals surface area contributed by atoms with Gasteiger partial charge in [-0.1, -0.05) is 0 Å². The predicted octanol–water partition coefficient (Wildman–Crippen LogP) is 1.73.